The fraction of sp³-hybridized carbons (Fsp3) is 0.0204. The molecule has 3 aromatic heterocycles. The van der Waals surface area contributed by atoms with Gasteiger partial charge in [0.25, 0.3) is 0 Å². The second kappa shape index (κ2) is 11.9. The number of para-hydroxylation sites is 2. The molecule has 3 heterocycles. The SMILES string of the molecule is C=C/C(=C\C(=C/C)c1ccccc1)n1c2ccccc2c2cc3c(cc21)oc1cc2c(cc13)c1ccccc1n2-c1cccc(-c2ccccc2)c1. The van der Waals surface area contributed by atoms with Crippen molar-refractivity contribution in [1.82, 2.24) is 9.13 Å². The first-order valence-corrected chi connectivity index (χ1v) is 17.7. The molecule has 0 aliphatic heterocycles. The van der Waals surface area contributed by atoms with E-state index in [1.165, 1.54) is 43.8 Å². The molecule has 0 amide bonds. The van der Waals surface area contributed by atoms with E-state index in [0.29, 0.717) is 0 Å². The predicted octanol–water partition coefficient (Wildman–Crippen LogP) is 13.6. The minimum atomic E-state index is 0.860. The van der Waals surface area contributed by atoms with Crippen molar-refractivity contribution < 1.29 is 4.42 Å². The molecule has 0 saturated carbocycles. The molecule has 0 radical (unpaired) electrons. The highest BCUT2D eigenvalue weighted by Crippen LogP contribution is 2.42. The number of benzene rings is 7. The normalized spacial score (nSPS) is 12.6. The van der Waals surface area contributed by atoms with Crippen LogP contribution < -0.4 is 0 Å². The van der Waals surface area contributed by atoms with Gasteiger partial charge in [-0.05, 0) is 77.7 Å². The molecule has 246 valence electrons. The quantitative estimate of drug-likeness (QED) is 0.162. The maximum atomic E-state index is 6.80. The fourth-order valence-electron chi connectivity index (χ4n) is 8.05. The number of furan rings is 1. The first-order chi connectivity index (χ1) is 25.7. The molecule has 0 saturated heterocycles. The van der Waals surface area contributed by atoms with E-state index >= 15 is 0 Å². The molecule has 10 rings (SSSR count). The zero-order chi connectivity index (χ0) is 34.8. The predicted molar refractivity (Wildman–Crippen MR) is 221 cm³/mol. The maximum absolute atomic E-state index is 6.80. The van der Waals surface area contributed by atoms with Gasteiger partial charge in [0.05, 0.1) is 22.1 Å². The van der Waals surface area contributed by atoms with Gasteiger partial charge >= 0.3 is 0 Å². The van der Waals surface area contributed by atoms with E-state index in [4.69, 9.17) is 4.42 Å². The average Bonchev–Trinajstić information content (AvgIpc) is 3.84. The van der Waals surface area contributed by atoms with Gasteiger partial charge in [-0.3, -0.25) is 0 Å². The van der Waals surface area contributed by atoms with E-state index in [1.807, 2.05) is 6.08 Å². The Bertz CT molecular complexity index is 3080. The van der Waals surface area contributed by atoms with Crippen LogP contribution in [-0.2, 0) is 0 Å². The van der Waals surface area contributed by atoms with E-state index in [9.17, 15) is 0 Å². The molecule has 3 nitrogen and oxygen atoms in total. The summed E-state index contributed by atoms with van der Waals surface area (Å²) < 4.78 is 11.5. The highest BCUT2D eigenvalue weighted by Gasteiger charge is 2.20. The molecular formula is C49H34N2O. The second-order valence-corrected chi connectivity index (χ2v) is 13.3. The van der Waals surface area contributed by atoms with Crippen molar-refractivity contribution in [2.75, 3.05) is 0 Å². The molecular weight excluding hydrogens is 633 g/mol. The van der Waals surface area contributed by atoms with Crippen LogP contribution in [0.1, 0.15) is 12.5 Å². The molecule has 0 N–H and O–H groups in total. The molecule has 0 fully saturated rings. The van der Waals surface area contributed by atoms with E-state index in [-0.39, 0.29) is 0 Å². The lowest BCUT2D eigenvalue weighted by atomic mass is 10.0. The summed E-state index contributed by atoms with van der Waals surface area (Å²) in [4.78, 5) is 0. The summed E-state index contributed by atoms with van der Waals surface area (Å²) >= 11 is 0. The Labute approximate surface area is 301 Å². The molecule has 0 aliphatic rings. The first kappa shape index (κ1) is 30.0. The topological polar surface area (TPSA) is 23.0 Å². The molecule has 0 bridgehead atoms. The Hall–Kier alpha value is -6.84. The Morgan fingerprint density at radius 1 is 0.519 bits per heavy atom. The smallest absolute Gasteiger partial charge is 0.137 e. The number of aromatic nitrogens is 2. The number of hydrogen-bond acceptors (Lipinski definition) is 1. The van der Waals surface area contributed by atoms with Gasteiger partial charge in [0.15, 0.2) is 0 Å². The fourth-order valence-corrected chi connectivity index (χ4v) is 8.05. The molecule has 52 heavy (non-hydrogen) atoms. The molecule has 10 aromatic rings. The van der Waals surface area contributed by atoms with Crippen molar-refractivity contribution in [2.24, 2.45) is 0 Å². The van der Waals surface area contributed by atoms with E-state index < -0.39 is 0 Å². The average molecular weight is 667 g/mol. The first-order valence-electron chi connectivity index (χ1n) is 17.7. The summed E-state index contributed by atoms with van der Waals surface area (Å²) in [5, 5.41) is 7.02. The molecule has 7 aromatic carbocycles. The summed E-state index contributed by atoms with van der Waals surface area (Å²) in [5.41, 5.74) is 13.0. The number of allylic oxidation sites excluding steroid dienone is 5. The molecule has 0 aliphatic carbocycles. The molecule has 0 spiro atoms. The largest absolute Gasteiger partial charge is 0.456 e. The van der Waals surface area contributed by atoms with E-state index in [2.05, 4.69) is 193 Å². The van der Waals surface area contributed by atoms with Gasteiger partial charge < -0.3 is 13.6 Å². The van der Waals surface area contributed by atoms with Gasteiger partial charge in [-0.25, -0.2) is 0 Å². The lowest BCUT2D eigenvalue weighted by molar-refractivity contribution is 0.669. The third kappa shape index (κ3) is 4.60. The Balaban J connectivity index is 1.21. The number of rotatable bonds is 6. The third-order valence-electron chi connectivity index (χ3n) is 10.5. The molecule has 0 unspecified atom stereocenters. The highest BCUT2D eigenvalue weighted by atomic mass is 16.3. The summed E-state index contributed by atoms with van der Waals surface area (Å²) in [5.74, 6) is 0. The van der Waals surface area contributed by atoms with E-state index in [1.54, 1.807) is 0 Å². The number of fused-ring (bicyclic) bond motifs is 9. The van der Waals surface area contributed by atoms with Crippen molar-refractivity contribution in [3.05, 3.63) is 188 Å². The lowest BCUT2D eigenvalue weighted by Gasteiger charge is -2.11. The summed E-state index contributed by atoms with van der Waals surface area (Å²) in [6.07, 6.45) is 6.33. The zero-order valence-electron chi connectivity index (χ0n) is 28.8. The summed E-state index contributed by atoms with van der Waals surface area (Å²) in [6.45, 7) is 6.36. The number of nitrogens with zero attached hydrogens (tertiary/aromatic N) is 2. The second-order valence-electron chi connectivity index (χ2n) is 13.3. The van der Waals surface area contributed by atoms with Crippen LogP contribution in [0.3, 0.4) is 0 Å². The summed E-state index contributed by atoms with van der Waals surface area (Å²) in [7, 11) is 0. The van der Waals surface area contributed by atoms with Crippen LogP contribution in [0.25, 0.3) is 93.6 Å². The van der Waals surface area contributed by atoms with Crippen molar-refractivity contribution in [3.63, 3.8) is 0 Å². The van der Waals surface area contributed by atoms with Gasteiger partial charge in [0.2, 0.25) is 0 Å². The van der Waals surface area contributed by atoms with Gasteiger partial charge in [-0.2, -0.15) is 0 Å². The minimum absolute atomic E-state index is 0.860. The van der Waals surface area contributed by atoms with Gasteiger partial charge in [0.1, 0.15) is 11.2 Å². The lowest BCUT2D eigenvalue weighted by Crippen LogP contribution is -1.95. The van der Waals surface area contributed by atoms with Crippen LogP contribution in [0.5, 0.6) is 0 Å². The van der Waals surface area contributed by atoms with Crippen molar-refractivity contribution in [3.8, 4) is 16.8 Å². The highest BCUT2D eigenvalue weighted by molar-refractivity contribution is 6.21. The van der Waals surface area contributed by atoms with Crippen LogP contribution in [0.4, 0.5) is 0 Å². The van der Waals surface area contributed by atoms with Crippen LogP contribution in [-0.4, -0.2) is 9.13 Å². The molecule has 3 heteroatoms. The van der Waals surface area contributed by atoms with Gasteiger partial charge in [-0.15, -0.1) is 0 Å². The van der Waals surface area contributed by atoms with Crippen LogP contribution >= 0.6 is 0 Å². The Kier molecular flexibility index (Phi) is 6.87. The van der Waals surface area contributed by atoms with E-state index in [0.717, 1.165) is 55.4 Å². The van der Waals surface area contributed by atoms with Gasteiger partial charge in [-0.1, -0.05) is 122 Å². The van der Waals surface area contributed by atoms with Gasteiger partial charge in [0, 0.05) is 55.8 Å². The summed E-state index contributed by atoms with van der Waals surface area (Å²) in [6, 6.07) is 56.3. The minimum Gasteiger partial charge on any atom is -0.456 e. The maximum Gasteiger partial charge on any atom is 0.137 e. The monoisotopic (exact) mass is 666 g/mol. The third-order valence-corrected chi connectivity index (χ3v) is 10.5. The van der Waals surface area contributed by atoms with Crippen molar-refractivity contribution in [1.29, 1.82) is 0 Å². The Morgan fingerprint density at radius 3 is 1.83 bits per heavy atom. The zero-order valence-corrected chi connectivity index (χ0v) is 28.8. The standard InChI is InChI=1S/C49H34N2O/c1-3-32(33-16-7-5-8-17-33)26-36(4-2)50-44-24-13-11-22-38(44)40-28-42-43-29-41-39-23-12-14-25-45(39)51(47(41)31-49(43)52-48(42)30-46(40)50)37-21-15-20-35(27-37)34-18-9-6-10-19-34/h3-31H,2H2,1H3/b32-3+,36-26+. The number of hydrogen-bond donors (Lipinski definition) is 0. The van der Waals surface area contributed by atoms with Crippen LogP contribution in [0.2, 0.25) is 0 Å². The van der Waals surface area contributed by atoms with Crippen molar-refractivity contribution in [2.45, 2.75) is 6.92 Å². The molecule has 0 atom stereocenters. The Morgan fingerprint density at radius 2 is 1.12 bits per heavy atom. The van der Waals surface area contributed by atoms with Crippen LogP contribution in [0.15, 0.2) is 187 Å². The van der Waals surface area contributed by atoms with Crippen LogP contribution in [0, 0.1) is 0 Å². The van der Waals surface area contributed by atoms with Crippen molar-refractivity contribution >= 4 is 76.8 Å².